The summed E-state index contributed by atoms with van der Waals surface area (Å²) in [6.07, 6.45) is 2.97. The van der Waals surface area contributed by atoms with Gasteiger partial charge in [-0.25, -0.2) is 4.98 Å². The van der Waals surface area contributed by atoms with Crippen LogP contribution in [0.1, 0.15) is 13.3 Å². The molecule has 0 atom stereocenters. The molecule has 0 aliphatic heterocycles. The zero-order valence-electron chi connectivity index (χ0n) is 10.2. The van der Waals surface area contributed by atoms with Gasteiger partial charge in [-0.3, -0.25) is 0 Å². The van der Waals surface area contributed by atoms with Crippen molar-refractivity contribution in [1.82, 2.24) is 10.3 Å². The SMILES string of the molecule is CCNCCCNc1nccc2ccccc12. The minimum absolute atomic E-state index is 0.952. The molecule has 0 bridgehead atoms. The van der Waals surface area contributed by atoms with Gasteiger partial charge in [-0.1, -0.05) is 31.2 Å². The van der Waals surface area contributed by atoms with Crippen molar-refractivity contribution in [2.45, 2.75) is 13.3 Å². The van der Waals surface area contributed by atoms with Crippen LogP contribution in [-0.2, 0) is 0 Å². The number of hydrogen-bond acceptors (Lipinski definition) is 3. The van der Waals surface area contributed by atoms with Gasteiger partial charge in [-0.15, -0.1) is 0 Å². The minimum atomic E-state index is 0.952. The molecule has 1 aromatic carbocycles. The first-order valence-electron chi connectivity index (χ1n) is 6.20. The van der Waals surface area contributed by atoms with Crippen LogP contribution in [0.25, 0.3) is 10.8 Å². The van der Waals surface area contributed by atoms with E-state index in [-0.39, 0.29) is 0 Å². The number of hydrogen-bond donors (Lipinski definition) is 2. The third-order valence-corrected chi connectivity index (χ3v) is 2.75. The van der Waals surface area contributed by atoms with Gasteiger partial charge in [0.05, 0.1) is 0 Å². The summed E-state index contributed by atoms with van der Waals surface area (Å²) >= 11 is 0. The summed E-state index contributed by atoms with van der Waals surface area (Å²) in [4.78, 5) is 4.39. The molecular formula is C14H19N3. The van der Waals surface area contributed by atoms with Crippen LogP contribution in [0.3, 0.4) is 0 Å². The number of rotatable bonds is 6. The van der Waals surface area contributed by atoms with Gasteiger partial charge in [0.25, 0.3) is 0 Å². The third kappa shape index (κ3) is 3.17. The molecule has 2 aromatic rings. The van der Waals surface area contributed by atoms with Gasteiger partial charge in [0, 0.05) is 18.1 Å². The smallest absolute Gasteiger partial charge is 0.133 e. The second-order valence-corrected chi connectivity index (χ2v) is 4.01. The fourth-order valence-electron chi connectivity index (χ4n) is 1.86. The summed E-state index contributed by atoms with van der Waals surface area (Å²) in [5, 5.41) is 9.13. The molecule has 0 fully saturated rings. The first kappa shape index (κ1) is 11.9. The quantitative estimate of drug-likeness (QED) is 0.748. The van der Waals surface area contributed by atoms with E-state index in [0.29, 0.717) is 0 Å². The topological polar surface area (TPSA) is 37.0 Å². The van der Waals surface area contributed by atoms with E-state index in [9.17, 15) is 0 Å². The van der Waals surface area contributed by atoms with E-state index >= 15 is 0 Å². The maximum absolute atomic E-state index is 4.39. The molecule has 0 unspecified atom stereocenters. The largest absolute Gasteiger partial charge is 0.370 e. The molecular weight excluding hydrogens is 210 g/mol. The lowest BCUT2D eigenvalue weighted by Crippen LogP contribution is -2.17. The predicted molar refractivity (Wildman–Crippen MR) is 73.4 cm³/mol. The number of nitrogens with one attached hydrogen (secondary N) is 2. The number of aromatic nitrogens is 1. The van der Waals surface area contributed by atoms with Crippen LogP contribution in [-0.4, -0.2) is 24.6 Å². The molecule has 90 valence electrons. The number of nitrogens with zero attached hydrogens (tertiary/aromatic N) is 1. The Kier molecular flexibility index (Phi) is 4.33. The summed E-state index contributed by atoms with van der Waals surface area (Å²) in [5.74, 6) is 0.986. The molecule has 0 radical (unpaired) electrons. The summed E-state index contributed by atoms with van der Waals surface area (Å²) in [6.45, 7) is 5.16. The Bertz CT molecular complexity index is 462. The summed E-state index contributed by atoms with van der Waals surface area (Å²) in [5.41, 5.74) is 0. The molecule has 1 heterocycles. The normalized spacial score (nSPS) is 10.6. The van der Waals surface area contributed by atoms with Crippen molar-refractivity contribution >= 4 is 16.6 Å². The highest BCUT2D eigenvalue weighted by Gasteiger charge is 1.99. The summed E-state index contributed by atoms with van der Waals surface area (Å²) < 4.78 is 0. The molecule has 0 saturated heterocycles. The van der Waals surface area contributed by atoms with E-state index in [1.807, 2.05) is 18.3 Å². The molecule has 0 saturated carbocycles. The van der Waals surface area contributed by atoms with Gasteiger partial charge in [-0.2, -0.15) is 0 Å². The van der Waals surface area contributed by atoms with Crippen molar-refractivity contribution in [2.75, 3.05) is 25.0 Å². The number of pyridine rings is 1. The van der Waals surface area contributed by atoms with Crippen LogP contribution in [0.4, 0.5) is 5.82 Å². The Morgan fingerprint density at radius 1 is 1.12 bits per heavy atom. The van der Waals surface area contributed by atoms with Crippen molar-refractivity contribution in [3.8, 4) is 0 Å². The van der Waals surface area contributed by atoms with Crippen molar-refractivity contribution in [3.63, 3.8) is 0 Å². The Balaban J connectivity index is 1.98. The highest BCUT2D eigenvalue weighted by molar-refractivity contribution is 5.91. The maximum atomic E-state index is 4.39. The van der Waals surface area contributed by atoms with Crippen LogP contribution in [0.5, 0.6) is 0 Å². The van der Waals surface area contributed by atoms with Gasteiger partial charge in [0.1, 0.15) is 5.82 Å². The standard InChI is InChI=1S/C14H19N3/c1-2-15-9-5-10-16-14-13-7-4-3-6-12(13)8-11-17-14/h3-4,6-8,11,15H,2,5,9-10H2,1H3,(H,16,17). The zero-order chi connectivity index (χ0) is 11.9. The van der Waals surface area contributed by atoms with E-state index in [0.717, 1.165) is 31.9 Å². The van der Waals surface area contributed by atoms with Crippen LogP contribution in [0.15, 0.2) is 36.5 Å². The lowest BCUT2D eigenvalue weighted by atomic mass is 10.1. The fraction of sp³-hybridized carbons (Fsp3) is 0.357. The Morgan fingerprint density at radius 3 is 2.88 bits per heavy atom. The van der Waals surface area contributed by atoms with Crippen molar-refractivity contribution < 1.29 is 0 Å². The maximum Gasteiger partial charge on any atom is 0.133 e. The van der Waals surface area contributed by atoms with Crippen molar-refractivity contribution in [1.29, 1.82) is 0 Å². The van der Waals surface area contributed by atoms with Gasteiger partial charge in [0.15, 0.2) is 0 Å². The molecule has 17 heavy (non-hydrogen) atoms. The molecule has 0 spiro atoms. The summed E-state index contributed by atoms with van der Waals surface area (Å²) in [6, 6.07) is 10.4. The van der Waals surface area contributed by atoms with Gasteiger partial charge >= 0.3 is 0 Å². The Hall–Kier alpha value is -1.61. The average molecular weight is 229 g/mol. The Labute approximate surface area is 102 Å². The van der Waals surface area contributed by atoms with Crippen molar-refractivity contribution in [2.24, 2.45) is 0 Å². The van der Waals surface area contributed by atoms with Crippen LogP contribution >= 0.6 is 0 Å². The first-order chi connectivity index (χ1) is 8.42. The predicted octanol–water partition coefficient (Wildman–Crippen LogP) is 2.65. The molecule has 0 amide bonds. The van der Waals surface area contributed by atoms with E-state index < -0.39 is 0 Å². The second kappa shape index (κ2) is 6.21. The molecule has 0 aliphatic rings. The Morgan fingerprint density at radius 2 is 2.00 bits per heavy atom. The lowest BCUT2D eigenvalue weighted by molar-refractivity contribution is 0.688. The van der Waals surface area contributed by atoms with E-state index in [1.165, 1.54) is 10.8 Å². The number of anilines is 1. The number of fused-ring (bicyclic) bond motifs is 1. The molecule has 1 aromatic heterocycles. The average Bonchev–Trinajstić information content (AvgIpc) is 2.39. The lowest BCUT2D eigenvalue weighted by Gasteiger charge is -2.08. The van der Waals surface area contributed by atoms with E-state index in [1.54, 1.807) is 0 Å². The van der Waals surface area contributed by atoms with Crippen LogP contribution < -0.4 is 10.6 Å². The van der Waals surface area contributed by atoms with Gasteiger partial charge < -0.3 is 10.6 Å². The molecule has 2 N–H and O–H groups in total. The van der Waals surface area contributed by atoms with E-state index in [2.05, 4.69) is 40.7 Å². The number of benzene rings is 1. The second-order valence-electron chi connectivity index (χ2n) is 4.01. The highest BCUT2D eigenvalue weighted by Crippen LogP contribution is 2.19. The molecule has 0 aliphatic carbocycles. The monoisotopic (exact) mass is 229 g/mol. The van der Waals surface area contributed by atoms with E-state index in [4.69, 9.17) is 0 Å². The first-order valence-corrected chi connectivity index (χ1v) is 6.20. The molecule has 3 heteroatoms. The van der Waals surface area contributed by atoms with Gasteiger partial charge in [-0.05, 0) is 31.0 Å². The van der Waals surface area contributed by atoms with Crippen LogP contribution in [0.2, 0.25) is 0 Å². The summed E-state index contributed by atoms with van der Waals surface area (Å²) in [7, 11) is 0. The molecule has 3 nitrogen and oxygen atoms in total. The molecule has 2 rings (SSSR count). The minimum Gasteiger partial charge on any atom is -0.370 e. The third-order valence-electron chi connectivity index (χ3n) is 2.75. The highest BCUT2D eigenvalue weighted by atomic mass is 15.0. The van der Waals surface area contributed by atoms with Crippen LogP contribution in [0, 0.1) is 0 Å². The van der Waals surface area contributed by atoms with Gasteiger partial charge in [0.2, 0.25) is 0 Å². The zero-order valence-corrected chi connectivity index (χ0v) is 10.2. The van der Waals surface area contributed by atoms with Crippen molar-refractivity contribution in [3.05, 3.63) is 36.5 Å². The fourth-order valence-corrected chi connectivity index (χ4v) is 1.86.